The molecule has 0 aliphatic carbocycles. The zero-order valence-corrected chi connectivity index (χ0v) is 13.2. The van der Waals surface area contributed by atoms with Crippen LogP contribution in [0.15, 0.2) is 36.4 Å². The lowest BCUT2D eigenvalue weighted by molar-refractivity contribution is -0.395. The van der Waals surface area contributed by atoms with E-state index in [9.17, 15) is 25.0 Å². The van der Waals surface area contributed by atoms with Crippen molar-refractivity contribution in [1.29, 1.82) is 0 Å². The number of amides is 1. The van der Waals surface area contributed by atoms with E-state index in [0.717, 1.165) is 19.2 Å². The number of nitrogens with one attached hydrogen (secondary N) is 1. The second kappa shape index (κ2) is 7.25. The normalized spacial score (nSPS) is 10.0. The predicted molar refractivity (Wildman–Crippen MR) is 87.3 cm³/mol. The van der Waals surface area contributed by atoms with E-state index >= 15 is 0 Å². The average molecular weight is 347 g/mol. The zero-order chi connectivity index (χ0) is 18.6. The molecule has 0 aliphatic rings. The molecule has 2 rings (SSSR count). The van der Waals surface area contributed by atoms with Gasteiger partial charge < -0.3 is 14.8 Å². The number of nitrogens with zero attached hydrogens (tertiary/aromatic N) is 2. The van der Waals surface area contributed by atoms with Gasteiger partial charge in [-0.1, -0.05) is 12.1 Å². The van der Waals surface area contributed by atoms with Gasteiger partial charge in [-0.05, 0) is 12.1 Å². The summed E-state index contributed by atoms with van der Waals surface area (Å²) in [6.45, 7) is 0. The summed E-state index contributed by atoms with van der Waals surface area (Å²) in [7, 11) is 2.47. The molecule has 0 aromatic heterocycles. The molecule has 0 saturated carbocycles. The van der Waals surface area contributed by atoms with E-state index in [1.807, 2.05) is 0 Å². The summed E-state index contributed by atoms with van der Waals surface area (Å²) < 4.78 is 9.83. The molecule has 0 saturated heterocycles. The van der Waals surface area contributed by atoms with Crippen molar-refractivity contribution in [3.8, 4) is 11.5 Å². The molecule has 0 unspecified atom stereocenters. The number of nitro groups is 2. The maximum Gasteiger partial charge on any atom is 0.320 e. The van der Waals surface area contributed by atoms with Crippen molar-refractivity contribution >= 4 is 23.0 Å². The van der Waals surface area contributed by atoms with Crippen LogP contribution in [0.4, 0.5) is 17.1 Å². The molecule has 0 bridgehead atoms. The SMILES string of the molecule is COc1ccccc1C(=O)Nc1cc([N+](=O)[O-])c(OC)c([N+](=O)[O-])c1. The fraction of sp³-hybridized carbons (Fsp3) is 0.133. The molecule has 0 heterocycles. The highest BCUT2D eigenvalue weighted by molar-refractivity contribution is 6.06. The molecule has 130 valence electrons. The van der Waals surface area contributed by atoms with Gasteiger partial charge in [-0.25, -0.2) is 0 Å². The van der Waals surface area contributed by atoms with Crippen LogP contribution < -0.4 is 14.8 Å². The van der Waals surface area contributed by atoms with Gasteiger partial charge >= 0.3 is 11.4 Å². The Hall–Kier alpha value is -3.69. The number of carbonyl (C=O) groups is 1. The van der Waals surface area contributed by atoms with Gasteiger partial charge in [0.2, 0.25) is 0 Å². The minimum absolute atomic E-state index is 0.116. The summed E-state index contributed by atoms with van der Waals surface area (Å²) in [4.78, 5) is 33.0. The van der Waals surface area contributed by atoms with Gasteiger partial charge in [0, 0.05) is 12.1 Å². The summed E-state index contributed by atoms with van der Waals surface area (Å²) in [5, 5.41) is 24.7. The number of hydrogen-bond acceptors (Lipinski definition) is 7. The van der Waals surface area contributed by atoms with Crippen molar-refractivity contribution in [2.75, 3.05) is 19.5 Å². The molecular weight excluding hydrogens is 334 g/mol. The number of rotatable bonds is 6. The quantitative estimate of drug-likeness (QED) is 0.627. The second-order valence-electron chi connectivity index (χ2n) is 4.72. The number of para-hydroxylation sites is 1. The van der Waals surface area contributed by atoms with E-state index in [1.165, 1.54) is 13.2 Å². The smallest absolute Gasteiger partial charge is 0.320 e. The average Bonchev–Trinajstić information content (AvgIpc) is 2.60. The number of nitro benzene ring substituents is 2. The van der Waals surface area contributed by atoms with Crippen molar-refractivity contribution in [1.82, 2.24) is 0 Å². The fourth-order valence-corrected chi connectivity index (χ4v) is 2.18. The Balaban J connectivity index is 2.47. The van der Waals surface area contributed by atoms with Crippen LogP contribution in [0.25, 0.3) is 0 Å². The Morgan fingerprint density at radius 3 is 2.04 bits per heavy atom. The van der Waals surface area contributed by atoms with Crippen LogP contribution in [0.5, 0.6) is 11.5 Å². The van der Waals surface area contributed by atoms with Gasteiger partial charge in [0.15, 0.2) is 0 Å². The molecule has 10 nitrogen and oxygen atoms in total. The van der Waals surface area contributed by atoms with Crippen LogP contribution in [0.1, 0.15) is 10.4 Å². The minimum atomic E-state index is -0.829. The zero-order valence-electron chi connectivity index (χ0n) is 13.2. The standard InChI is InChI=1S/C15H13N3O7/c1-24-13-6-4-3-5-10(13)15(19)16-9-7-11(17(20)21)14(25-2)12(8-9)18(22)23/h3-8H,1-2H3,(H,16,19). The van der Waals surface area contributed by atoms with E-state index < -0.39 is 32.9 Å². The van der Waals surface area contributed by atoms with E-state index in [4.69, 9.17) is 9.47 Å². The summed E-state index contributed by atoms with van der Waals surface area (Å²) >= 11 is 0. The van der Waals surface area contributed by atoms with Crippen LogP contribution in [-0.2, 0) is 0 Å². The molecule has 0 aliphatic heterocycles. The molecule has 25 heavy (non-hydrogen) atoms. The van der Waals surface area contributed by atoms with Crippen LogP contribution >= 0.6 is 0 Å². The Bertz CT molecular complexity index is 816. The minimum Gasteiger partial charge on any atom is -0.496 e. The fourth-order valence-electron chi connectivity index (χ4n) is 2.18. The summed E-state index contributed by atoms with van der Waals surface area (Å²) in [5.41, 5.74) is -1.21. The van der Waals surface area contributed by atoms with Crippen LogP contribution in [-0.4, -0.2) is 30.0 Å². The van der Waals surface area contributed by atoms with Crippen molar-refractivity contribution < 1.29 is 24.1 Å². The van der Waals surface area contributed by atoms with Crippen LogP contribution in [0, 0.1) is 20.2 Å². The highest BCUT2D eigenvalue weighted by atomic mass is 16.6. The molecule has 0 spiro atoms. The lowest BCUT2D eigenvalue weighted by Crippen LogP contribution is -2.13. The van der Waals surface area contributed by atoms with Gasteiger partial charge in [0.1, 0.15) is 5.75 Å². The molecule has 0 fully saturated rings. The second-order valence-corrected chi connectivity index (χ2v) is 4.72. The number of ether oxygens (including phenoxy) is 2. The van der Waals surface area contributed by atoms with E-state index in [-0.39, 0.29) is 17.0 Å². The van der Waals surface area contributed by atoms with Crippen molar-refractivity contribution in [3.05, 3.63) is 62.2 Å². The number of hydrogen-bond donors (Lipinski definition) is 1. The van der Waals surface area contributed by atoms with Crippen molar-refractivity contribution in [2.45, 2.75) is 0 Å². The lowest BCUT2D eigenvalue weighted by Gasteiger charge is -2.10. The first-order valence-corrected chi connectivity index (χ1v) is 6.84. The summed E-state index contributed by atoms with van der Waals surface area (Å²) in [6, 6.07) is 8.29. The Morgan fingerprint density at radius 2 is 1.56 bits per heavy atom. The van der Waals surface area contributed by atoms with Gasteiger partial charge in [0.25, 0.3) is 11.7 Å². The molecule has 0 atom stereocenters. The Morgan fingerprint density at radius 1 is 1.00 bits per heavy atom. The van der Waals surface area contributed by atoms with Gasteiger partial charge in [-0.3, -0.25) is 25.0 Å². The van der Waals surface area contributed by atoms with E-state index in [2.05, 4.69) is 5.32 Å². The van der Waals surface area contributed by atoms with Crippen molar-refractivity contribution in [2.24, 2.45) is 0 Å². The third kappa shape index (κ3) is 3.63. The first kappa shape index (κ1) is 17.7. The predicted octanol–water partition coefficient (Wildman–Crippen LogP) is 2.77. The van der Waals surface area contributed by atoms with Crippen LogP contribution in [0.2, 0.25) is 0 Å². The Kier molecular flexibility index (Phi) is 5.12. The lowest BCUT2D eigenvalue weighted by atomic mass is 10.1. The third-order valence-corrected chi connectivity index (χ3v) is 3.26. The van der Waals surface area contributed by atoms with E-state index in [1.54, 1.807) is 18.2 Å². The van der Waals surface area contributed by atoms with Gasteiger partial charge in [-0.2, -0.15) is 0 Å². The molecule has 2 aromatic carbocycles. The van der Waals surface area contributed by atoms with E-state index in [0.29, 0.717) is 0 Å². The Labute approximate surface area is 141 Å². The largest absolute Gasteiger partial charge is 0.496 e. The molecular formula is C15H13N3O7. The first-order chi connectivity index (χ1) is 11.9. The topological polar surface area (TPSA) is 134 Å². The number of carbonyl (C=O) groups excluding carboxylic acids is 1. The van der Waals surface area contributed by atoms with Crippen LogP contribution in [0.3, 0.4) is 0 Å². The van der Waals surface area contributed by atoms with Gasteiger partial charge in [0.05, 0.1) is 35.3 Å². The van der Waals surface area contributed by atoms with Gasteiger partial charge in [-0.15, -0.1) is 0 Å². The molecule has 1 N–H and O–H groups in total. The third-order valence-electron chi connectivity index (χ3n) is 3.26. The molecule has 0 radical (unpaired) electrons. The number of benzene rings is 2. The summed E-state index contributed by atoms with van der Waals surface area (Å²) in [6.07, 6.45) is 0. The molecule has 10 heteroatoms. The number of methoxy groups -OCH3 is 2. The number of anilines is 1. The molecule has 2 aromatic rings. The summed E-state index contributed by atoms with van der Waals surface area (Å²) in [5.74, 6) is -0.839. The highest BCUT2D eigenvalue weighted by Crippen LogP contribution is 2.39. The maximum atomic E-state index is 12.3. The highest BCUT2D eigenvalue weighted by Gasteiger charge is 2.28. The van der Waals surface area contributed by atoms with Crippen molar-refractivity contribution in [3.63, 3.8) is 0 Å². The monoisotopic (exact) mass is 347 g/mol. The first-order valence-electron chi connectivity index (χ1n) is 6.84. The molecule has 1 amide bonds. The maximum absolute atomic E-state index is 12.3.